The van der Waals surface area contributed by atoms with Gasteiger partial charge in [0.25, 0.3) is 5.56 Å². The van der Waals surface area contributed by atoms with E-state index in [1.807, 2.05) is 26.0 Å². The molecule has 0 aliphatic rings. The van der Waals surface area contributed by atoms with Crippen molar-refractivity contribution in [1.82, 2.24) is 9.97 Å². The normalized spacial score (nSPS) is 11.2. The second-order valence-electron chi connectivity index (χ2n) is 5.31. The molecule has 0 saturated heterocycles. The quantitative estimate of drug-likeness (QED) is 0.776. The Balaban J connectivity index is 2.31. The van der Waals surface area contributed by atoms with E-state index in [0.717, 1.165) is 16.6 Å². The number of nitrogens with zero attached hydrogens (tertiary/aromatic N) is 1. The Hall–Kier alpha value is -2.49. The van der Waals surface area contributed by atoms with Crippen molar-refractivity contribution < 1.29 is 4.39 Å². The SMILES string of the molecule is CC(C)c1cc(=O)[nH]c(-c2ccc(F)c3ccccc23)n1. The molecule has 0 fully saturated rings. The number of hydrogen-bond donors (Lipinski definition) is 1. The molecule has 0 unspecified atom stereocenters. The fraction of sp³-hybridized carbons (Fsp3) is 0.176. The molecule has 0 amide bonds. The van der Waals surface area contributed by atoms with Crippen molar-refractivity contribution in [2.24, 2.45) is 0 Å². The lowest BCUT2D eigenvalue weighted by molar-refractivity contribution is 0.640. The molecule has 0 aliphatic carbocycles. The third-order valence-electron chi connectivity index (χ3n) is 3.48. The molecular formula is C17H15FN2O. The highest BCUT2D eigenvalue weighted by molar-refractivity contribution is 5.95. The van der Waals surface area contributed by atoms with Crippen molar-refractivity contribution in [1.29, 1.82) is 0 Å². The van der Waals surface area contributed by atoms with Crippen molar-refractivity contribution in [2.45, 2.75) is 19.8 Å². The smallest absolute Gasteiger partial charge is 0.251 e. The highest BCUT2D eigenvalue weighted by atomic mass is 19.1. The molecular weight excluding hydrogens is 267 g/mol. The highest BCUT2D eigenvalue weighted by Gasteiger charge is 2.11. The molecule has 3 rings (SSSR count). The van der Waals surface area contributed by atoms with E-state index in [4.69, 9.17) is 0 Å². The van der Waals surface area contributed by atoms with Crippen LogP contribution in [0.15, 0.2) is 47.3 Å². The van der Waals surface area contributed by atoms with Crippen LogP contribution in [-0.4, -0.2) is 9.97 Å². The van der Waals surface area contributed by atoms with Crippen molar-refractivity contribution in [3.05, 3.63) is 64.3 Å². The van der Waals surface area contributed by atoms with Gasteiger partial charge in [-0.1, -0.05) is 38.1 Å². The summed E-state index contributed by atoms with van der Waals surface area (Å²) in [5, 5.41) is 1.26. The zero-order valence-electron chi connectivity index (χ0n) is 11.9. The molecule has 21 heavy (non-hydrogen) atoms. The van der Waals surface area contributed by atoms with Gasteiger partial charge in [-0.2, -0.15) is 0 Å². The predicted molar refractivity (Wildman–Crippen MR) is 81.8 cm³/mol. The number of hydrogen-bond acceptors (Lipinski definition) is 2. The van der Waals surface area contributed by atoms with Crippen LogP contribution in [0.4, 0.5) is 4.39 Å². The van der Waals surface area contributed by atoms with Crippen LogP contribution in [-0.2, 0) is 0 Å². The topological polar surface area (TPSA) is 45.8 Å². The van der Waals surface area contributed by atoms with Crippen LogP contribution >= 0.6 is 0 Å². The fourth-order valence-corrected chi connectivity index (χ4v) is 2.37. The summed E-state index contributed by atoms with van der Waals surface area (Å²) in [7, 11) is 0. The van der Waals surface area contributed by atoms with Crippen LogP contribution in [0.5, 0.6) is 0 Å². The average molecular weight is 282 g/mol. The maximum Gasteiger partial charge on any atom is 0.251 e. The minimum Gasteiger partial charge on any atom is -0.306 e. The van der Waals surface area contributed by atoms with Crippen molar-refractivity contribution in [2.75, 3.05) is 0 Å². The van der Waals surface area contributed by atoms with Gasteiger partial charge in [0.05, 0.1) is 5.69 Å². The van der Waals surface area contributed by atoms with Gasteiger partial charge in [0.1, 0.15) is 11.6 Å². The van der Waals surface area contributed by atoms with Crippen molar-refractivity contribution in [3.8, 4) is 11.4 Å². The van der Waals surface area contributed by atoms with Gasteiger partial charge in [-0.15, -0.1) is 0 Å². The lowest BCUT2D eigenvalue weighted by Crippen LogP contribution is -2.11. The molecule has 2 aromatic carbocycles. The molecule has 0 saturated carbocycles. The number of halogens is 1. The van der Waals surface area contributed by atoms with Crippen LogP contribution in [0, 0.1) is 5.82 Å². The number of fused-ring (bicyclic) bond motifs is 1. The molecule has 1 N–H and O–H groups in total. The van der Waals surface area contributed by atoms with E-state index >= 15 is 0 Å². The third kappa shape index (κ3) is 2.44. The maximum absolute atomic E-state index is 13.9. The molecule has 4 heteroatoms. The fourth-order valence-electron chi connectivity index (χ4n) is 2.37. The molecule has 0 radical (unpaired) electrons. The molecule has 0 atom stereocenters. The summed E-state index contributed by atoms with van der Waals surface area (Å²) in [5.74, 6) is 0.344. The second-order valence-corrected chi connectivity index (χ2v) is 5.31. The Bertz CT molecular complexity index is 868. The standard InChI is InChI=1S/C17H15FN2O/c1-10(2)15-9-16(21)20-17(19-15)13-7-8-14(18)12-6-4-3-5-11(12)13/h3-10H,1-2H3,(H,19,20,21). The van der Waals surface area contributed by atoms with Gasteiger partial charge in [0, 0.05) is 17.0 Å². The molecule has 0 bridgehead atoms. The summed E-state index contributed by atoms with van der Waals surface area (Å²) in [6, 6.07) is 11.7. The predicted octanol–water partition coefficient (Wildman–Crippen LogP) is 3.85. The molecule has 3 aromatic rings. The van der Waals surface area contributed by atoms with Crippen LogP contribution in [0.2, 0.25) is 0 Å². The Kier molecular flexibility index (Phi) is 3.29. The maximum atomic E-state index is 13.9. The van der Waals surface area contributed by atoms with Gasteiger partial charge in [-0.3, -0.25) is 4.79 Å². The monoisotopic (exact) mass is 282 g/mol. The number of H-pyrrole nitrogens is 1. The largest absolute Gasteiger partial charge is 0.306 e. The summed E-state index contributed by atoms with van der Waals surface area (Å²) in [6.45, 7) is 3.96. The zero-order valence-corrected chi connectivity index (χ0v) is 11.9. The van der Waals surface area contributed by atoms with Crippen molar-refractivity contribution >= 4 is 10.8 Å². The van der Waals surface area contributed by atoms with Gasteiger partial charge >= 0.3 is 0 Å². The summed E-state index contributed by atoms with van der Waals surface area (Å²) in [6.07, 6.45) is 0. The van der Waals surface area contributed by atoms with Gasteiger partial charge in [0.2, 0.25) is 0 Å². The van der Waals surface area contributed by atoms with E-state index in [9.17, 15) is 9.18 Å². The van der Waals surface area contributed by atoms with E-state index in [1.165, 1.54) is 12.1 Å². The van der Waals surface area contributed by atoms with Crippen LogP contribution in [0.1, 0.15) is 25.5 Å². The van der Waals surface area contributed by atoms with E-state index in [-0.39, 0.29) is 17.3 Å². The van der Waals surface area contributed by atoms with Crippen LogP contribution < -0.4 is 5.56 Å². The third-order valence-corrected chi connectivity index (χ3v) is 3.48. The summed E-state index contributed by atoms with van der Waals surface area (Å²) in [5.41, 5.74) is 1.26. The first-order valence-corrected chi connectivity index (χ1v) is 6.85. The van der Waals surface area contributed by atoms with Crippen molar-refractivity contribution in [3.63, 3.8) is 0 Å². The first-order valence-electron chi connectivity index (χ1n) is 6.85. The number of benzene rings is 2. The average Bonchev–Trinajstić information content (AvgIpc) is 2.47. The van der Waals surface area contributed by atoms with E-state index in [2.05, 4.69) is 9.97 Å². The lowest BCUT2D eigenvalue weighted by Gasteiger charge is -2.09. The minimum absolute atomic E-state index is 0.151. The molecule has 3 nitrogen and oxygen atoms in total. The number of rotatable bonds is 2. The number of aromatic amines is 1. The molecule has 0 aliphatic heterocycles. The molecule has 0 spiro atoms. The Morgan fingerprint density at radius 3 is 2.52 bits per heavy atom. The first-order chi connectivity index (χ1) is 10.1. The molecule has 1 aromatic heterocycles. The van der Waals surface area contributed by atoms with Gasteiger partial charge in [-0.25, -0.2) is 9.37 Å². The number of nitrogens with one attached hydrogen (secondary N) is 1. The van der Waals surface area contributed by atoms with Gasteiger partial charge in [-0.05, 0) is 23.4 Å². The molecule has 1 heterocycles. The first kappa shape index (κ1) is 13.5. The van der Waals surface area contributed by atoms with E-state index in [0.29, 0.717) is 11.2 Å². The van der Waals surface area contributed by atoms with E-state index < -0.39 is 0 Å². The zero-order chi connectivity index (χ0) is 15.0. The Morgan fingerprint density at radius 1 is 1.10 bits per heavy atom. The Labute approximate surface area is 121 Å². The lowest BCUT2D eigenvalue weighted by atomic mass is 10.0. The summed E-state index contributed by atoms with van der Waals surface area (Å²) >= 11 is 0. The van der Waals surface area contributed by atoms with Crippen LogP contribution in [0.3, 0.4) is 0 Å². The van der Waals surface area contributed by atoms with E-state index in [1.54, 1.807) is 18.2 Å². The second kappa shape index (κ2) is 5.13. The highest BCUT2D eigenvalue weighted by Crippen LogP contribution is 2.28. The van der Waals surface area contributed by atoms with Gasteiger partial charge < -0.3 is 4.98 Å². The summed E-state index contributed by atoms with van der Waals surface area (Å²) in [4.78, 5) is 19.1. The Morgan fingerprint density at radius 2 is 1.81 bits per heavy atom. The molecule has 106 valence electrons. The van der Waals surface area contributed by atoms with Gasteiger partial charge in [0.15, 0.2) is 0 Å². The minimum atomic E-state index is -0.281. The number of aromatic nitrogens is 2. The van der Waals surface area contributed by atoms with Crippen LogP contribution in [0.25, 0.3) is 22.2 Å². The summed E-state index contributed by atoms with van der Waals surface area (Å²) < 4.78 is 13.9.